The van der Waals surface area contributed by atoms with Crippen LogP contribution in [0.5, 0.6) is 0 Å². The molecule has 0 saturated carbocycles. The second-order valence-corrected chi connectivity index (χ2v) is 2.37. The summed E-state index contributed by atoms with van der Waals surface area (Å²) in [6.07, 6.45) is -3.19. The van der Waals surface area contributed by atoms with Crippen molar-refractivity contribution in [1.82, 2.24) is 0 Å². The zero-order valence-corrected chi connectivity index (χ0v) is 5.71. The molecule has 0 amide bonds. The molecule has 1 heterocycles. The number of hydrogen-bond acceptors (Lipinski definition) is 5. The molecule has 5 heteroatoms. The fourth-order valence-electron chi connectivity index (χ4n) is 0.873. The predicted molar refractivity (Wildman–Crippen MR) is 34.4 cm³/mol. The van der Waals surface area contributed by atoms with Crippen molar-refractivity contribution in [3.63, 3.8) is 0 Å². The molecule has 0 aromatic rings. The lowest BCUT2D eigenvalue weighted by atomic mass is 10.1. The first-order valence-electron chi connectivity index (χ1n) is 3.19. The van der Waals surface area contributed by atoms with Crippen molar-refractivity contribution in [2.24, 2.45) is 0 Å². The van der Waals surface area contributed by atoms with Crippen LogP contribution in [-0.2, 0) is 4.74 Å². The van der Waals surface area contributed by atoms with E-state index in [0.29, 0.717) is 6.26 Å². The van der Waals surface area contributed by atoms with Crippen LogP contribution in [0.3, 0.4) is 0 Å². The highest BCUT2D eigenvalue weighted by Crippen LogP contribution is 2.20. The third-order valence-corrected chi connectivity index (χ3v) is 1.51. The standard InChI is InChI=1S/C6H10O5/c7-2-3-1-4(8)5(9)6(10)11-3/h2,4-10H,1H2/b3-2-. The van der Waals surface area contributed by atoms with Crippen LogP contribution in [0, 0.1) is 0 Å². The van der Waals surface area contributed by atoms with Crippen molar-refractivity contribution in [2.75, 3.05) is 0 Å². The lowest BCUT2D eigenvalue weighted by Gasteiger charge is -2.29. The highest BCUT2D eigenvalue weighted by Gasteiger charge is 2.33. The number of aliphatic hydroxyl groups is 4. The molecule has 0 bridgehead atoms. The summed E-state index contributed by atoms with van der Waals surface area (Å²) in [5.74, 6) is 0.0651. The molecule has 4 N–H and O–H groups in total. The smallest absolute Gasteiger partial charge is 0.225 e. The van der Waals surface area contributed by atoms with Crippen LogP contribution in [0.1, 0.15) is 6.42 Å². The van der Waals surface area contributed by atoms with E-state index in [2.05, 4.69) is 4.74 Å². The van der Waals surface area contributed by atoms with Crippen LogP contribution >= 0.6 is 0 Å². The van der Waals surface area contributed by atoms with E-state index in [1.54, 1.807) is 0 Å². The summed E-state index contributed by atoms with van der Waals surface area (Å²) in [4.78, 5) is 0. The van der Waals surface area contributed by atoms with Gasteiger partial charge in [-0.1, -0.05) is 0 Å². The molecular formula is C6H10O5. The van der Waals surface area contributed by atoms with Gasteiger partial charge in [-0.2, -0.15) is 0 Å². The van der Waals surface area contributed by atoms with Gasteiger partial charge in [-0.15, -0.1) is 0 Å². The lowest BCUT2D eigenvalue weighted by Crippen LogP contribution is -2.43. The maximum Gasteiger partial charge on any atom is 0.225 e. The summed E-state index contributed by atoms with van der Waals surface area (Å²) in [5, 5.41) is 35.2. The molecule has 3 atom stereocenters. The van der Waals surface area contributed by atoms with Gasteiger partial charge >= 0.3 is 0 Å². The Kier molecular flexibility index (Phi) is 2.33. The molecule has 11 heavy (non-hydrogen) atoms. The third-order valence-electron chi connectivity index (χ3n) is 1.51. The molecule has 5 nitrogen and oxygen atoms in total. The zero-order valence-electron chi connectivity index (χ0n) is 5.71. The molecule has 1 saturated heterocycles. The second-order valence-electron chi connectivity index (χ2n) is 2.37. The molecule has 0 spiro atoms. The highest BCUT2D eigenvalue weighted by molar-refractivity contribution is 4.96. The fraction of sp³-hybridized carbons (Fsp3) is 0.667. The first-order valence-corrected chi connectivity index (χ1v) is 3.19. The van der Waals surface area contributed by atoms with Crippen LogP contribution in [0.15, 0.2) is 12.0 Å². The summed E-state index contributed by atoms with van der Waals surface area (Å²) in [6.45, 7) is 0. The van der Waals surface area contributed by atoms with E-state index in [9.17, 15) is 0 Å². The summed E-state index contributed by atoms with van der Waals surface area (Å²) < 4.78 is 4.57. The fourth-order valence-corrected chi connectivity index (χ4v) is 0.873. The molecule has 0 radical (unpaired) electrons. The maximum atomic E-state index is 9.01. The van der Waals surface area contributed by atoms with Gasteiger partial charge < -0.3 is 25.2 Å². The summed E-state index contributed by atoms with van der Waals surface area (Å²) >= 11 is 0. The monoisotopic (exact) mass is 162 g/mol. The Morgan fingerprint density at radius 1 is 1.36 bits per heavy atom. The normalized spacial score (nSPS) is 42.1. The van der Waals surface area contributed by atoms with Gasteiger partial charge in [0.1, 0.15) is 18.1 Å². The first-order chi connectivity index (χ1) is 5.15. The minimum absolute atomic E-state index is 0.00866. The topological polar surface area (TPSA) is 90.2 Å². The minimum Gasteiger partial charge on any atom is -0.512 e. The Labute approximate surface area is 63.2 Å². The predicted octanol–water partition coefficient (Wildman–Crippen LogP) is -1.15. The molecule has 3 unspecified atom stereocenters. The summed E-state index contributed by atoms with van der Waals surface area (Å²) in [5.41, 5.74) is 0. The van der Waals surface area contributed by atoms with E-state index < -0.39 is 18.5 Å². The molecule has 0 aliphatic carbocycles. The molecule has 1 aliphatic heterocycles. The maximum absolute atomic E-state index is 9.01. The Balaban J connectivity index is 2.62. The van der Waals surface area contributed by atoms with Crippen molar-refractivity contribution in [2.45, 2.75) is 24.9 Å². The first kappa shape index (κ1) is 8.32. The quantitative estimate of drug-likeness (QED) is 0.337. The SMILES string of the molecule is O/C=C1/CC(O)C(O)C(O)O1. The Bertz CT molecular complexity index is 152. The van der Waals surface area contributed by atoms with E-state index >= 15 is 0 Å². The van der Waals surface area contributed by atoms with Gasteiger partial charge in [0.05, 0.1) is 6.10 Å². The molecule has 64 valence electrons. The average molecular weight is 162 g/mol. The van der Waals surface area contributed by atoms with Gasteiger partial charge in [-0.05, 0) is 0 Å². The molecule has 1 fully saturated rings. The highest BCUT2D eigenvalue weighted by atomic mass is 16.6. The van der Waals surface area contributed by atoms with E-state index in [1.807, 2.05) is 0 Å². The van der Waals surface area contributed by atoms with Gasteiger partial charge in [-0.25, -0.2) is 0 Å². The molecule has 0 aromatic carbocycles. The zero-order chi connectivity index (χ0) is 8.43. The van der Waals surface area contributed by atoms with Crippen molar-refractivity contribution in [3.05, 3.63) is 12.0 Å². The Morgan fingerprint density at radius 3 is 2.45 bits per heavy atom. The number of aliphatic hydroxyl groups excluding tert-OH is 4. The van der Waals surface area contributed by atoms with Crippen molar-refractivity contribution in [3.8, 4) is 0 Å². The number of rotatable bonds is 0. The molecular weight excluding hydrogens is 152 g/mol. The molecule has 1 rings (SSSR count). The van der Waals surface area contributed by atoms with E-state index in [-0.39, 0.29) is 12.2 Å². The van der Waals surface area contributed by atoms with Gasteiger partial charge in [0.2, 0.25) is 6.29 Å². The van der Waals surface area contributed by atoms with Crippen molar-refractivity contribution < 1.29 is 25.2 Å². The summed E-state index contributed by atoms with van der Waals surface area (Å²) in [6, 6.07) is 0. The average Bonchev–Trinajstić information content (AvgIpc) is 1.99. The van der Waals surface area contributed by atoms with Crippen LogP contribution < -0.4 is 0 Å². The van der Waals surface area contributed by atoms with Crippen LogP contribution in [0.2, 0.25) is 0 Å². The van der Waals surface area contributed by atoms with Gasteiger partial charge in [0, 0.05) is 6.42 Å². The second kappa shape index (κ2) is 3.08. The van der Waals surface area contributed by atoms with Gasteiger partial charge in [0.25, 0.3) is 0 Å². The van der Waals surface area contributed by atoms with Crippen LogP contribution in [0.25, 0.3) is 0 Å². The van der Waals surface area contributed by atoms with Crippen molar-refractivity contribution >= 4 is 0 Å². The third kappa shape index (κ3) is 1.62. The summed E-state index contributed by atoms with van der Waals surface area (Å²) in [7, 11) is 0. The number of hydrogen-bond donors (Lipinski definition) is 4. The van der Waals surface area contributed by atoms with E-state index in [4.69, 9.17) is 20.4 Å². The van der Waals surface area contributed by atoms with Crippen molar-refractivity contribution in [1.29, 1.82) is 0 Å². The van der Waals surface area contributed by atoms with Crippen LogP contribution in [0.4, 0.5) is 0 Å². The number of ether oxygens (including phenoxy) is 1. The molecule has 0 aromatic heterocycles. The largest absolute Gasteiger partial charge is 0.512 e. The lowest BCUT2D eigenvalue weighted by molar-refractivity contribution is -0.196. The van der Waals surface area contributed by atoms with E-state index in [0.717, 1.165) is 0 Å². The molecule has 1 aliphatic rings. The Morgan fingerprint density at radius 2 is 2.00 bits per heavy atom. The van der Waals surface area contributed by atoms with Gasteiger partial charge in [0.15, 0.2) is 0 Å². The van der Waals surface area contributed by atoms with Gasteiger partial charge in [-0.3, -0.25) is 0 Å². The Hall–Kier alpha value is -0.780. The van der Waals surface area contributed by atoms with Crippen LogP contribution in [-0.4, -0.2) is 38.9 Å². The minimum atomic E-state index is -1.46. The van der Waals surface area contributed by atoms with E-state index in [1.165, 1.54) is 0 Å².